The molecule has 0 aromatic heterocycles. The van der Waals surface area contributed by atoms with Crippen LogP contribution in [0.1, 0.15) is 6.42 Å². The van der Waals surface area contributed by atoms with Crippen molar-refractivity contribution in [3.8, 4) is 0 Å². The normalized spacial score (nSPS) is 18.2. The molecule has 1 aromatic carbocycles. The van der Waals surface area contributed by atoms with Crippen LogP contribution in [0.25, 0.3) is 0 Å². The van der Waals surface area contributed by atoms with Crippen molar-refractivity contribution in [1.82, 2.24) is 4.31 Å². The summed E-state index contributed by atoms with van der Waals surface area (Å²) in [5, 5.41) is 0.195. The van der Waals surface area contributed by atoms with Gasteiger partial charge in [-0.15, -0.1) is 0 Å². The zero-order chi connectivity index (χ0) is 15.8. The van der Waals surface area contributed by atoms with E-state index in [0.717, 1.165) is 4.31 Å². The molecule has 2 rings (SSSR count). The van der Waals surface area contributed by atoms with Crippen molar-refractivity contribution in [1.29, 1.82) is 0 Å². The van der Waals surface area contributed by atoms with Crippen LogP contribution in [0, 0.1) is 0 Å². The highest BCUT2D eigenvalue weighted by molar-refractivity contribution is 7.93. The molecule has 0 spiro atoms. The van der Waals surface area contributed by atoms with Crippen LogP contribution >= 0.6 is 11.6 Å². The predicted octanol–water partition coefficient (Wildman–Crippen LogP) is 1.10. The van der Waals surface area contributed by atoms with Gasteiger partial charge < -0.3 is 0 Å². The molecule has 1 aliphatic rings. The van der Waals surface area contributed by atoms with Gasteiger partial charge in [0.2, 0.25) is 10.0 Å². The molecule has 0 radical (unpaired) electrons. The fraction of sp³-hybridized carbons (Fsp3) is 0.455. The fourth-order valence-electron chi connectivity index (χ4n) is 1.91. The summed E-state index contributed by atoms with van der Waals surface area (Å²) in [5.74, 6) is 0.0917. The molecule has 0 bridgehead atoms. The van der Waals surface area contributed by atoms with Gasteiger partial charge in [-0.25, -0.2) is 8.42 Å². The summed E-state index contributed by atoms with van der Waals surface area (Å²) in [4.78, 5) is 0. The Bertz CT molecular complexity index is 747. The molecule has 1 saturated heterocycles. The van der Waals surface area contributed by atoms with Gasteiger partial charge in [-0.2, -0.15) is 12.7 Å². The van der Waals surface area contributed by atoms with Crippen molar-refractivity contribution in [2.45, 2.75) is 6.42 Å². The number of nitrogens with zero attached hydrogens (tertiary/aromatic N) is 2. The third-order valence-electron chi connectivity index (χ3n) is 3.06. The molecule has 0 atom stereocenters. The first-order valence-electron chi connectivity index (χ1n) is 6.14. The van der Waals surface area contributed by atoms with E-state index in [9.17, 15) is 16.8 Å². The first-order chi connectivity index (χ1) is 9.63. The summed E-state index contributed by atoms with van der Waals surface area (Å²) >= 11 is 5.97. The summed E-state index contributed by atoms with van der Waals surface area (Å²) in [5.41, 5.74) is 0.540. The monoisotopic (exact) mass is 353 g/mol. The van der Waals surface area contributed by atoms with Gasteiger partial charge in [0.25, 0.3) is 0 Å². The summed E-state index contributed by atoms with van der Waals surface area (Å²) in [6, 6.07) is 4.45. The minimum absolute atomic E-state index is 0.0917. The third kappa shape index (κ3) is 3.42. The zero-order valence-corrected chi connectivity index (χ0v) is 14.0. The van der Waals surface area contributed by atoms with Crippen LogP contribution in [0.2, 0.25) is 5.02 Å². The molecular formula is C11H16ClN3O4S2. The maximum atomic E-state index is 11.9. The Hall–Kier alpha value is -1.03. The lowest BCUT2D eigenvalue weighted by Crippen LogP contribution is -2.29. The molecule has 1 aliphatic heterocycles. The number of hydrogen-bond donors (Lipinski definition) is 1. The van der Waals surface area contributed by atoms with Crippen LogP contribution in [-0.2, 0) is 20.2 Å². The lowest BCUT2D eigenvalue weighted by molar-refractivity contribution is 0.527. The van der Waals surface area contributed by atoms with Gasteiger partial charge in [0.1, 0.15) is 0 Å². The average Bonchev–Trinajstić information content (AvgIpc) is 2.71. The van der Waals surface area contributed by atoms with E-state index in [0.29, 0.717) is 18.7 Å². The van der Waals surface area contributed by atoms with E-state index in [4.69, 9.17) is 11.6 Å². The van der Waals surface area contributed by atoms with Crippen molar-refractivity contribution in [3.05, 3.63) is 23.2 Å². The van der Waals surface area contributed by atoms with Gasteiger partial charge in [0, 0.05) is 20.6 Å². The summed E-state index contributed by atoms with van der Waals surface area (Å²) in [7, 11) is -4.28. The highest BCUT2D eigenvalue weighted by Crippen LogP contribution is 2.31. The number of anilines is 2. The van der Waals surface area contributed by atoms with E-state index in [-0.39, 0.29) is 16.5 Å². The molecule has 21 heavy (non-hydrogen) atoms. The standard InChI is InChI=1S/C11H16ClN3O4S2/c1-14(2)21(18,19)13-11-8-9(4-5-10(11)12)15-6-3-7-20(15,16)17/h4-5,8,13H,3,6-7H2,1-2H3. The molecule has 0 aliphatic carbocycles. The summed E-state index contributed by atoms with van der Waals surface area (Å²) in [6.07, 6.45) is 0.545. The number of benzene rings is 1. The van der Waals surface area contributed by atoms with Crippen molar-refractivity contribution in [3.63, 3.8) is 0 Å². The fourth-order valence-corrected chi connectivity index (χ4v) is 4.31. The molecular weight excluding hydrogens is 338 g/mol. The second kappa shape index (κ2) is 5.64. The first-order valence-corrected chi connectivity index (χ1v) is 9.56. The van der Waals surface area contributed by atoms with Gasteiger partial charge in [0.15, 0.2) is 0 Å². The molecule has 0 saturated carbocycles. The van der Waals surface area contributed by atoms with Crippen LogP contribution < -0.4 is 9.03 Å². The number of halogens is 1. The molecule has 0 unspecified atom stereocenters. The number of sulfonamides is 1. The molecule has 7 nitrogen and oxygen atoms in total. The number of nitrogens with one attached hydrogen (secondary N) is 1. The van der Waals surface area contributed by atoms with Crippen LogP contribution in [-0.4, -0.2) is 47.5 Å². The van der Waals surface area contributed by atoms with E-state index < -0.39 is 20.2 Å². The predicted molar refractivity (Wildman–Crippen MR) is 83.4 cm³/mol. The lowest BCUT2D eigenvalue weighted by atomic mass is 10.3. The van der Waals surface area contributed by atoms with Crippen LogP contribution in [0.5, 0.6) is 0 Å². The maximum Gasteiger partial charge on any atom is 0.301 e. The van der Waals surface area contributed by atoms with Crippen LogP contribution in [0.4, 0.5) is 11.4 Å². The molecule has 1 heterocycles. The first kappa shape index (κ1) is 16.3. The van der Waals surface area contributed by atoms with Gasteiger partial charge in [-0.1, -0.05) is 11.6 Å². The molecule has 1 aromatic rings. The van der Waals surface area contributed by atoms with E-state index in [1.807, 2.05) is 0 Å². The van der Waals surface area contributed by atoms with Gasteiger partial charge in [-0.05, 0) is 24.6 Å². The van der Waals surface area contributed by atoms with E-state index >= 15 is 0 Å². The second-order valence-electron chi connectivity index (χ2n) is 4.80. The Morgan fingerprint density at radius 3 is 2.52 bits per heavy atom. The topological polar surface area (TPSA) is 86.8 Å². The molecule has 118 valence electrons. The largest absolute Gasteiger partial charge is 0.301 e. The van der Waals surface area contributed by atoms with Gasteiger partial charge in [-0.3, -0.25) is 9.03 Å². The highest BCUT2D eigenvalue weighted by atomic mass is 35.5. The quantitative estimate of drug-likeness (QED) is 0.878. The van der Waals surface area contributed by atoms with E-state index in [1.54, 1.807) is 6.07 Å². The third-order valence-corrected chi connectivity index (χ3v) is 6.70. The van der Waals surface area contributed by atoms with Crippen molar-refractivity contribution in [2.24, 2.45) is 0 Å². The lowest BCUT2D eigenvalue weighted by Gasteiger charge is -2.19. The minimum atomic E-state index is -3.71. The van der Waals surface area contributed by atoms with Crippen molar-refractivity contribution < 1.29 is 16.8 Å². The minimum Gasteiger partial charge on any atom is -0.270 e. The van der Waals surface area contributed by atoms with Gasteiger partial charge in [0.05, 0.1) is 22.2 Å². The number of hydrogen-bond acceptors (Lipinski definition) is 4. The smallest absolute Gasteiger partial charge is 0.270 e. The Balaban J connectivity index is 2.39. The SMILES string of the molecule is CN(C)S(=O)(=O)Nc1cc(N2CCCS2(=O)=O)ccc1Cl. The number of rotatable bonds is 4. The van der Waals surface area contributed by atoms with Crippen LogP contribution in [0.15, 0.2) is 18.2 Å². The molecule has 0 amide bonds. The Morgan fingerprint density at radius 2 is 2.00 bits per heavy atom. The summed E-state index contributed by atoms with van der Waals surface area (Å²) in [6.45, 7) is 0.379. The average molecular weight is 354 g/mol. The van der Waals surface area contributed by atoms with Crippen molar-refractivity contribution >= 4 is 43.2 Å². The highest BCUT2D eigenvalue weighted by Gasteiger charge is 2.29. The molecule has 1 fully saturated rings. The van der Waals surface area contributed by atoms with E-state index in [1.165, 1.54) is 30.5 Å². The molecule has 1 N–H and O–H groups in total. The molecule has 10 heteroatoms. The van der Waals surface area contributed by atoms with Crippen LogP contribution in [0.3, 0.4) is 0 Å². The van der Waals surface area contributed by atoms with E-state index in [2.05, 4.69) is 4.72 Å². The zero-order valence-electron chi connectivity index (χ0n) is 11.6. The van der Waals surface area contributed by atoms with Crippen molar-refractivity contribution in [2.75, 3.05) is 35.4 Å². The summed E-state index contributed by atoms with van der Waals surface area (Å²) < 4.78 is 52.1. The Labute approximate surface area is 129 Å². The Morgan fingerprint density at radius 1 is 1.33 bits per heavy atom. The maximum absolute atomic E-state index is 11.9. The van der Waals surface area contributed by atoms with Gasteiger partial charge >= 0.3 is 10.2 Å². The Kier molecular flexibility index (Phi) is 4.39. The second-order valence-corrected chi connectivity index (χ2v) is 9.10.